The third-order valence-corrected chi connectivity index (χ3v) is 1.95. The zero-order valence-corrected chi connectivity index (χ0v) is 8.11. The highest BCUT2D eigenvalue weighted by Crippen LogP contribution is 2.23. The van der Waals surface area contributed by atoms with Crippen LogP contribution in [0.4, 0.5) is 5.69 Å². The van der Waals surface area contributed by atoms with Crippen LogP contribution in [0.1, 0.15) is 18.1 Å². The lowest BCUT2D eigenvalue weighted by Gasteiger charge is -2.03. The van der Waals surface area contributed by atoms with E-state index >= 15 is 0 Å². The molecule has 0 amide bonds. The standard InChI is InChI=1S/C10H11NS/c1-3-9-6-4-5-8(2)10(9)11-7-12/h4-6H,3H2,1-2H3. The number of para-hydroxylation sites is 1. The molecular formula is C10H11NS. The first-order chi connectivity index (χ1) is 5.79. The van der Waals surface area contributed by atoms with Crippen LogP contribution in [0.25, 0.3) is 0 Å². The molecular weight excluding hydrogens is 166 g/mol. The molecule has 1 aromatic carbocycles. The van der Waals surface area contributed by atoms with Crippen LogP contribution in [0, 0.1) is 6.92 Å². The molecule has 0 saturated heterocycles. The molecule has 1 nitrogen and oxygen atoms in total. The Morgan fingerprint density at radius 3 is 2.83 bits per heavy atom. The van der Waals surface area contributed by atoms with E-state index in [2.05, 4.69) is 35.4 Å². The van der Waals surface area contributed by atoms with E-state index in [9.17, 15) is 0 Å². The fourth-order valence-corrected chi connectivity index (χ4v) is 1.30. The van der Waals surface area contributed by atoms with Crippen molar-refractivity contribution in [2.24, 2.45) is 4.99 Å². The van der Waals surface area contributed by atoms with E-state index < -0.39 is 0 Å². The van der Waals surface area contributed by atoms with Gasteiger partial charge in [-0.2, -0.15) is 4.99 Å². The summed E-state index contributed by atoms with van der Waals surface area (Å²) in [6.45, 7) is 4.14. The van der Waals surface area contributed by atoms with Crippen molar-refractivity contribution in [2.45, 2.75) is 20.3 Å². The highest BCUT2D eigenvalue weighted by Gasteiger charge is 2.00. The zero-order valence-electron chi connectivity index (χ0n) is 7.29. The Morgan fingerprint density at radius 2 is 2.25 bits per heavy atom. The number of aryl methyl sites for hydroxylation is 2. The normalized spacial score (nSPS) is 9.17. The first kappa shape index (κ1) is 9.11. The molecule has 0 aliphatic carbocycles. The summed E-state index contributed by atoms with van der Waals surface area (Å²) in [6.07, 6.45) is 0.984. The first-order valence-electron chi connectivity index (χ1n) is 3.96. The van der Waals surface area contributed by atoms with Crippen LogP contribution in [-0.4, -0.2) is 5.16 Å². The van der Waals surface area contributed by atoms with Crippen molar-refractivity contribution < 1.29 is 0 Å². The van der Waals surface area contributed by atoms with Gasteiger partial charge in [0.05, 0.1) is 10.8 Å². The van der Waals surface area contributed by atoms with Gasteiger partial charge in [-0.15, -0.1) is 0 Å². The van der Waals surface area contributed by atoms with Gasteiger partial charge in [0.2, 0.25) is 0 Å². The number of hydrogen-bond donors (Lipinski definition) is 0. The van der Waals surface area contributed by atoms with Crippen molar-refractivity contribution in [3.8, 4) is 0 Å². The Bertz CT molecular complexity index is 325. The molecule has 0 heterocycles. The summed E-state index contributed by atoms with van der Waals surface area (Å²) in [5, 5.41) is 2.41. The molecule has 0 atom stereocenters. The van der Waals surface area contributed by atoms with Crippen LogP contribution in [-0.2, 0) is 6.42 Å². The number of nitrogens with zero attached hydrogens (tertiary/aromatic N) is 1. The SMILES string of the molecule is CCc1cccc(C)c1N=C=S. The van der Waals surface area contributed by atoms with Gasteiger partial charge in [-0.3, -0.25) is 0 Å². The van der Waals surface area contributed by atoms with E-state index in [0.717, 1.165) is 17.7 Å². The highest BCUT2D eigenvalue weighted by atomic mass is 32.1. The summed E-state index contributed by atoms with van der Waals surface area (Å²) in [7, 11) is 0. The first-order valence-corrected chi connectivity index (χ1v) is 4.36. The quantitative estimate of drug-likeness (QED) is 0.499. The topological polar surface area (TPSA) is 12.4 Å². The highest BCUT2D eigenvalue weighted by molar-refractivity contribution is 7.78. The minimum Gasteiger partial charge on any atom is -0.194 e. The minimum atomic E-state index is 0.981. The number of thiocarbonyl (C=S) groups is 1. The lowest BCUT2D eigenvalue weighted by molar-refractivity contribution is 1.12. The average Bonchev–Trinajstić information content (AvgIpc) is 2.09. The van der Waals surface area contributed by atoms with Gasteiger partial charge in [-0.05, 0) is 36.7 Å². The Morgan fingerprint density at radius 1 is 1.50 bits per heavy atom. The minimum absolute atomic E-state index is 0.981. The molecule has 0 bridgehead atoms. The van der Waals surface area contributed by atoms with Gasteiger partial charge in [0, 0.05) is 0 Å². The third kappa shape index (κ3) is 1.79. The summed E-state index contributed by atoms with van der Waals surface area (Å²) in [5.74, 6) is 0. The summed E-state index contributed by atoms with van der Waals surface area (Å²) < 4.78 is 0. The summed E-state index contributed by atoms with van der Waals surface area (Å²) >= 11 is 4.58. The molecule has 1 aromatic rings. The van der Waals surface area contributed by atoms with E-state index in [1.807, 2.05) is 19.1 Å². The molecule has 62 valence electrons. The van der Waals surface area contributed by atoms with Gasteiger partial charge in [0.25, 0.3) is 0 Å². The van der Waals surface area contributed by atoms with E-state index in [-0.39, 0.29) is 0 Å². The van der Waals surface area contributed by atoms with E-state index in [1.165, 1.54) is 5.56 Å². The van der Waals surface area contributed by atoms with Crippen molar-refractivity contribution in [2.75, 3.05) is 0 Å². The predicted molar refractivity (Wildman–Crippen MR) is 55.2 cm³/mol. The fraction of sp³-hybridized carbons (Fsp3) is 0.300. The van der Waals surface area contributed by atoms with Crippen LogP contribution in [0.2, 0.25) is 0 Å². The van der Waals surface area contributed by atoms with Crippen LogP contribution < -0.4 is 0 Å². The lowest BCUT2D eigenvalue weighted by Crippen LogP contribution is -1.83. The Labute approximate surface area is 78.1 Å². The summed E-state index contributed by atoms with van der Waals surface area (Å²) in [5.41, 5.74) is 3.37. The molecule has 2 heteroatoms. The Hall–Kier alpha value is -0.980. The number of benzene rings is 1. The zero-order chi connectivity index (χ0) is 8.97. The molecule has 0 saturated carbocycles. The van der Waals surface area contributed by atoms with Crippen LogP contribution in [0.5, 0.6) is 0 Å². The Balaban J connectivity index is 3.28. The van der Waals surface area contributed by atoms with Crippen molar-refractivity contribution in [1.82, 2.24) is 0 Å². The molecule has 0 spiro atoms. The van der Waals surface area contributed by atoms with Crippen LogP contribution in [0.3, 0.4) is 0 Å². The second-order valence-electron chi connectivity index (χ2n) is 2.64. The van der Waals surface area contributed by atoms with Crippen molar-refractivity contribution in [3.63, 3.8) is 0 Å². The monoisotopic (exact) mass is 177 g/mol. The maximum absolute atomic E-state index is 4.58. The maximum atomic E-state index is 4.58. The molecule has 0 N–H and O–H groups in total. The van der Waals surface area contributed by atoms with Gasteiger partial charge in [0.1, 0.15) is 0 Å². The van der Waals surface area contributed by atoms with Crippen molar-refractivity contribution >= 4 is 23.1 Å². The number of rotatable bonds is 2. The van der Waals surface area contributed by atoms with Crippen LogP contribution in [0.15, 0.2) is 23.2 Å². The predicted octanol–water partition coefficient (Wildman–Crippen LogP) is 3.29. The number of aliphatic imine (C=N–C) groups is 1. The molecule has 1 rings (SSSR count). The molecule has 0 unspecified atom stereocenters. The largest absolute Gasteiger partial charge is 0.194 e. The second kappa shape index (κ2) is 4.15. The van der Waals surface area contributed by atoms with E-state index in [0.29, 0.717) is 0 Å². The molecule has 0 aliphatic heterocycles. The summed E-state index contributed by atoms with van der Waals surface area (Å²) in [6, 6.07) is 6.14. The van der Waals surface area contributed by atoms with Gasteiger partial charge in [0.15, 0.2) is 0 Å². The Kier molecular flexibility index (Phi) is 3.15. The van der Waals surface area contributed by atoms with Gasteiger partial charge >= 0.3 is 0 Å². The lowest BCUT2D eigenvalue weighted by atomic mass is 10.1. The van der Waals surface area contributed by atoms with Crippen molar-refractivity contribution in [1.29, 1.82) is 0 Å². The number of isothiocyanates is 1. The van der Waals surface area contributed by atoms with Gasteiger partial charge in [-0.1, -0.05) is 25.1 Å². The van der Waals surface area contributed by atoms with Gasteiger partial charge < -0.3 is 0 Å². The van der Waals surface area contributed by atoms with Crippen molar-refractivity contribution in [3.05, 3.63) is 29.3 Å². The summed E-state index contributed by atoms with van der Waals surface area (Å²) in [4.78, 5) is 4.04. The average molecular weight is 177 g/mol. The smallest absolute Gasteiger partial charge is 0.0800 e. The van der Waals surface area contributed by atoms with E-state index in [1.54, 1.807) is 0 Å². The van der Waals surface area contributed by atoms with Crippen LogP contribution >= 0.6 is 12.2 Å². The maximum Gasteiger partial charge on any atom is 0.0800 e. The second-order valence-corrected chi connectivity index (χ2v) is 2.82. The van der Waals surface area contributed by atoms with E-state index in [4.69, 9.17) is 0 Å². The molecule has 12 heavy (non-hydrogen) atoms. The number of hydrogen-bond acceptors (Lipinski definition) is 2. The molecule has 0 radical (unpaired) electrons. The third-order valence-electron chi connectivity index (χ3n) is 1.86. The molecule has 0 aromatic heterocycles. The molecule has 0 aliphatic rings. The van der Waals surface area contributed by atoms with Gasteiger partial charge in [-0.25, -0.2) is 0 Å². The fourth-order valence-electron chi connectivity index (χ4n) is 1.21. The molecule has 0 fully saturated rings.